The quantitative estimate of drug-likeness (QED) is 0.0155. The third kappa shape index (κ3) is 94.8. The number of carbonyl (C=O) groups is 16. The van der Waals surface area contributed by atoms with Crippen LogP contribution in [0.5, 0.6) is 0 Å². The summed E-state index contributed by atoms with van der Waals surface area (Å²) < 4.78 is 87.0. The van der Waals surface area contributed by atoms with Crippen LogP contribution in [0, 0.1) is 56.7 Å². The number of ether oxygens (including phenoxy) is 18. The Morgan fingerprint density at radius 2 is 0.463 bits per heavy atom. The van der Waals surface area contributed by atoms with Crippen LogP contribution < -0.4 is 21.3 Å². The lowest BCUT2D eigenvalue weighted by molar-refractivity contribution is -0.165. The lowest BCUT2D eigenvalue weighted by Crippen LogP contribution is -2.34. The summed E-state index contributed by atoms with van der Waals surface area (Å²) in [7, 11) is 9.02. The minimum absolute atomic E-state index is 0.00387. The molecule has 13 unspecified atom stereocenters. The smallest absolute Gasteiger partial charge is 0.314 e. The van der Waals surface area contributed by atoms with Crippen LogP contribution in [-0.2, 0) is 152 Å². The Bertz CT molecular complexity index is 3460. The fourth-order valence-corrected chi connectivity index (χ4v) is 7.81. The molecule has 46 nitrogen and oxygen atoms in total. The second-order valence-corrected chi connectivity index (χ2v) is 36.7. The molecule has 0 saturated carbocycles. The highest BCUT2D eigenvalue weighted by Crippen LogP contribution is 2.26. The van der Waals surface area contributed by atoms with Gasteiger partial charge in [-0.15, -0.1) is 0 Å². The van der Waals surface area contributed by atoms with Crippen LogP contribution in [-0.4, -0.2) is 360 Å². The predicted octanol–water partition coefficient (Wildman–Crippen LogP) is 8.07. The number of esters is 14. The molecule has 147 heavy (non-hydrogen) atoms. The van der Waals surface area contributed by atoms with Crippen LogP contribution in [0.3, 0.4) is 0 Å². The van der Waals surface area contributed by atoms with Gasteiger partial charge in [-0.05, 0) is 146 Å². The monoisotopic (exact) mass is 2140 g/mol. The van der Waals surface area contributed by atoms with Gasteiger partial charge in [0.1, 0.15) is 103 Å². The van der Waals surface area contributed by atoms with E-state index in [-0.39, 0.29) is 207 Å². The van der Waals surface area contributed by atoms with E-state index in [9.17, 15) is 92.0 Å². The fourth-order valence-electron chi connectivity index (χ4n) is 7.81. The normalized spacial score (nSPS) is 13.4. The number of aliphatic hydroxyl groups excluding tert-OH is 8. The van der Waals surface area contributed by atoms with Gasteiger partial charge in [-0.3, -0.25) is 67.1 Å². The second kappa shape index (κ2) is 96.2. The Balaban J connectivity index is -0.000000177. The second-order valence-electron chi connectivity index (χ2n) is 36.7. The zero-order chi connectivity index (χ0) is 116. The van der Waals surface area contributed by atoms with E-state index < -0.39 is 99.8 Å². The highest BCUT2D eigenvalue weighted by molar-refractivity contribution is 5.79. The zero-order valence-electron chi connectivity index (χ0n) is 95.1. The SMILES string of the molecule is CCC(C)(C)C(=O)OCC(CO)OC.CCC(C)(C)C(=O)OCC(CO)OC(C)=O.CCC(C)(C)C(=O)OCC(O)COC.CCC(C)(C)C(=O)OCC(O)COC(C)=O.CCC(C)(C)C(=O)OCCCNC(=O)NC.CCC(C)C(=O)OCC(CO)OC.CCC(C)C(=O)OCC(CO)OC(C)=O.CCC(C)C(=O)OCC(O)COC.CCC(C)C(=O)OCC(O)COC(C)=O.CCC(C)C(=O)OCCCNC(=O)NC. The van der Waals surface area contributed by atoms with E-state index in [4.69, 9.17) is 96.6 Å². The number of methoxy groups -OCH3 is 4. The number of urea groups is 2. The molecule has 0 radical (unpaired) electrons. The van der Waals surface area contributed by atoms with Crippen molar-refractivity contribution in [2.24, 2.45) is 56.7 Å². The van der Waals surface area contributed by atoms with Crippen molar-refractivity contribution in [2.45, 2.75) is 327 Å². The number of amides is 4. The largest absolute Gasteiger partial charge is 0.465 e. The van der Waals surface area contributed by atoms with Gasteiger partial charge in [0.15, 0.2) is 12.2 Å². The maximum Gasteiger partial charge on any atom is 0.314 e. The van der Waals surface area contributed by atoms with E-state index in [2.05, 4.69) is 35.5 Å². The molecule has 0 rings (SSSR count). The molecule has 0 aliphatic carbocycles. The molecule has 4 amide bonds. The number of hydrogen-bond donors (Lipinski definition) is 12. The molecule has 0 heterocycles. The van der Waals surface area contributed by atoms with Gasteiger partial charge in [0.05, 0.1) is 110 Å². The van der Waals surface area contributed by atoms with Crippen LogP contribution >= 0.6 is 0 Å². The Hall–Kier alpha value is -9.36. The van der Waals surface area contributed by atoms with Crippen molar-refractivity contribution >= 4 is 95.6 Å². The van der Waals surface area contributed by atoms with Gasteiger partial charge in [0.25, 0.3) is 0 Å². The van der Waals surface area contributed by atoms with Crippen molar-refractivity contribution < 1.29 is 203 Å². The van der Waals surface area contributed by atoms with Crippen molar-refractivity contribution in [3.8, 4) is 0 Å². The molecule has 0 bridgehead atoms. The Kier molecular flexibility index (Phi) is 103. The summed E-state index contributed by atoms with van der Waals surface area (Å²) in [5.41, 5.74) is -2.48. The minimum Gasteiger partial charge on any atom is -0.465 e. The topological polar surface area (TPSA) is 649 Å². The molecule has 0 aromatic rings. The van der Waals surface area contributed by atoms with Crippen molar-refractivity contribution in [3.05, 3.63) is 0 Å². The first kappa shape index (κ1) is 158. The molecule has 0 saturated heterocycles. The number of rotatable bonds is 60. The summed E-state index contributed by atoms with van der Waals surface area (Å²) in [6.07, 6.45) is 2.67. The third-order valence-corrected chi connectivity index (χ3v) is 21.5. The molecule has 0 fully saturated rings. The fraction of sp³-hybridized carbons (Fsp3) is 0.842. The molecule has 46 heteroatoms. The van der Waals surface area contributed by atoms with Crippen molar-refractivity contribution in [1.29, 1.82) is 0 Å². The maximum absolute atomic E-state index is 11.6. The highest BCUT2D eigenvalue weighted by Gasteiger charge is 2.33. The summed E-state index contributed by atoms with van der Waals surface area (Å²) in [6.45, 7) is 51.6. The molecular weight excluding hydrogens is 1940 g/mol. The lowest BCUT2D eigenvalue weighted by Gasteiger charge is -2.22. The van der Waals surface area contributed by atoms with Crippen molar-refractivity contribution in [3.63, 3.8) is 0 Å². The van der Waals surface area contributed by atoms with E-state index in [1.165, 1.54) is 56.1 Å². The molecule has 12 N–H and O–H groups in total. The van der Waals surface area contributed by atoms with Crippen molar-refractivity contribution in [2.75, 3.05) is 175 Å². The van der Waals surface area contributed by atoms with E-state index in [0.29, 0.717) is 71.2 Å². The Morgan fingerprint density at radius 3 is 0.680 bits per heavy atom. The van der Waals surface area contributed by atoms with E-state index in [1.807, 2.05) is 125 Å². The Morgan fingerprint density at radius 1 is 0.265 bits per heavy atom. The molecule has 0 aromatic carbocycles. The number of aliphatic hydroxyl groups is 8. The predicted molar refractivity (Wildman–Crippen MR) is 543 cm³/mol. The van der Waals surface area contributed by atoms with Crippen molar-refractivity contribution in [1.82, 2.24) is 21.3 Å². The molecule has 0 aliphatic rings. The summed E-state index contributed by atoms with van der Waals surface area (Å²) in [6, 6.07) is -0.441. The molecule has 0 aliphatic heterocycles. The Labute approximate surface area is 873 Å². The molecule has 870 valence electrons. The van der Waals surface area contributed by atoms with Gasteiger partial charge in [-0.2, -0.15) is 0 Å². The summed E-state index contributed by atoms with van der Waals surface area (Å²) in [5.74, 6) is -5.36. The first-order valence-electron chi connectivity index (χ1n) is 49.7. The average molecular weight is 2140 g/mol. The van der Waals surface area contributed by atoms with Gasteiger partial charge < -0.3 is 147 Å². The number of hydrogen-bond acceptors (Lipinski definition) is 42. The van der Waals surface area contributed by atoms with Crippen LogP contribution in [0.4, 0.5) is 9.59 Å². The first-order chi connectivity index (χ1) is 68.3. The van der Waals surface area contributed by atoms with Crippen LogP contribution in [0.2, 0.25) is 0 Å². The molecule has 0 aromatic heterocycles. The maximum atomic E-state index is 11.6. The van der Waals surface area contributed by atoms with Gasteiger partial charge >= 0.3 is 95.6 Å². The van der Waals surface area contributed by atoms with E-state index in [0.717, 1.165) is 32.1 Å². The van der Waals surface area contributed by atoms with Gasteiger partial charge in [0, 0.05) is 83.3 Å². The van der Waals surface area contributed by atoms with Gasteiger partial charge in [-0.1, -0.05) is 104 Å². The summed E-state index contributed by atoms with van der Waals surface area (Å²) >= 11 is 0. The first-order valence-corrected chi connectivity index (χ1v) is 49.7. The zero-order valence-corrected chi connectivity index (χ0v) is 95.1. The number of carbonyl (C=O) groups excluding carboxylic acids is 16. The van der Waals surface area contributed by atoms with Crippen LogP contribution in [0.25, 0.3) is 0 Å². The average Bonchev–Trinajstić information content (AvgIpc) is 0.887. The standard InChI is InChI=1S/C11H22N2O3.2C11H20O5.C10H20N2O3.2C10H18O5.2C10H20O4.2C9H18O4/c1-5-11(2,3)9(14)16-8-6-7-13-10(15)12-4;1-5-11(3,4)10(14)16-7-9(13)6-15-8(2)12;1-5-11(3,4)10(14)15-7-9(6-12)16-8(2)13;1-4-8(2)9(13)15-7-5-6-12-10(14)11-3;1-4-7(2)10(13)15-6-9(12)5-14-8(3)11;1-4-7(2)10(13)14-6-9(5-11)15-8(3)12;1-5-10(2,3)9(12)14-7-8(11)6-13-4;1-5-10(2,3)9(12)14-7-8(6-11)13-4;1-4-7(2)9(11)13-6-8(10)5-12-3;1-4-7(2)9(11)13-6-8(5-10)12-3/h5-8H2,1-4H3,(H2,12,13,15);9,13H,5-7H2,1-4H3;9,12H,5-7H2,1-4H3;8H,4-7H2,1-3H3,(H2,11,12,14);7,9,12H,4-6H2,1-3H3;7,9,11H,4-6H2,1-3H3;2*8,11H,5-7H2,1-4H3;2*7-8,10H,4-6H2,1-3H3. The van der Waals surface area contributed by atoms with Crippen LogP contribution in [0.15, 0.2) is 0 Å². The van der Waals surface area contributed by atoms with Gasteiger partial charge in [0.2, 0.25) is 0 Å². The highest BCUT2D eigenvalue weighted by atomic mass is 16.6. The molecular formula is C101H194N4O42. The lowest BCUT2D eigenvalue weighted by atomic mass is 9.91. The third-order valence-electron chi connectivity index (χ3n) is 21.5. The molecule has 13 atom stereocenters. The van der Waals surface area contributed by atoms with E-state index in [1.54, 1.807) is 62.6 Å². The minimum atomic E-state index is -0.972. The summed E-state index contributed by atoms with van der Waals surface area (Å²) in [5, 5.41) is 82.3. The van der Waals surface area contributed by atoms with Gasteiger partial charge in [-0.25, -0.2) is 9.59 Å². The summed E-state index contributed by atoms with van der Waals surface area (Å²) in [4.78, 5) is 177. The molecule has 0 spiro atoms. The van der Waals surface area contributed by atoms with Crippen LogP contribution in [0.1, 0.15) is 278 Å². The van der Waals surface area contributed by atoms with E-state index >= 15 is 0 Å². The number of nitrogens with one attached hydrogen (secondary N) is 4.